The van der Waals surface area contributed by atoms with Gasteiger partial charge in [-0.25, -0.2) is 4.99 Å². The van der Waals surface area contributed by atoms with Crippen molar-refractivity contribution in [2.45, 2.75) is 27.7 Å². The molecule has 0 unspecified atom stereocenters. The highest BCUT2D eigenvalue weighted by molar-refractivity contribution is 8.18. The molecule has 4 rings (SSSR count). The number of aliphatic imine (C=N–C) groups is 1. The van der Waals surface area contributed by atoms with Gasteiger partial charge in [0.25, 0.3) is 11.6 Å². The van der Waals surface area contributed by atoms with Gasteiger partial charge < -0.3 is 9.30 Å². The molecule has 0 atom stereocenters. The standard InChI is InChI=1S/C26H26N4O4S/c1-5-28-25(31)24(35-26(28)27-20-7-13-23(14-8-20)34-6-2)16-19-15-17(3)29(18(19)4)21-9-11-22(12-10-21)30(32)33/h7-16H,5-6H2,1-4H3/b24-16-,27-26?. The number of likely N-dealkylation sites (N-methyl/N-ethyl adjacent to an activating group) is 1. The Labute approximate surface area is 208 Å². The highest BCUT2D eigenvalue weighted by Crippen LogP contribution is 2.35. The minimum absolute atomic E-state index is 0.0468. The normalized spacial score (nSPS) is 15.9. The summed E-state index contributed by atoms with van der Waals surface area (Å²) < 4.78 is 7.51. The number of carbonyl (C=O) groups excluding carboxylic acids is 1. The lowest BCUT2D eigenvalue weighted by atomic mass is 10.2. The molecule has 0 N–H and O–H groups in total. The number of aromatic nitrogens is 1. The van der Waals surface area contributed by atoms with Gasteiger partial charge >= 0.3 is 0 Å². The summed E-state index contributed by atoms with van der Waals surface area (Å²) >= 11 is 1.35. The van der Waals surface area contributed by atoms with Crippen LogP contribution in [0.25, 0.3) is 11.8 Å². The maximum Gasteiger partial charge on any atom is 0.269 e. The number of amidine groups is 1. The lowest BCUT2D eigenvalue weighted by Crippen LogP contribution is -2.28. The zero-order chi connectivity index (χ0) is 25.1. The van der Waals surface area contributed by atoms with Crippen molar-refractivity contribution in [2.24, 2.45) is 4.99 Å². The number of benzene rings is 2. The molecule has 1 aliphatic heterocycles. The van der Waals surface area contributed by atoms with E-state index >= 15 is 0 Å². The predicted molar refractivity (Wildman–Crippen MR) is 140 cm³/mol. The predicted octanol–water partition coefficient (Wildman–Crippen LogP) is 6.02. The van der Waals surface area contributed by atoms with Gasteiger partial charge in [0, 0.05) is 35.8 Å². The first-order valence-electron chi connectivity index (χ1n) is 11.3. The molecule has 35 heavy (non-hydrogen) atoms. The molecule has 180 valence electrons. The maximum atomic E-state index is 13.1. The third-order valence-corrected chi connectivity index (χ3v) is 6.66. The average molecular weight is 491 g/mol. The number of thioether (sulfide) groups is 1. The van der Waals surface area contributed by atoms with Gasteiger partial charge in [0.1, 0.15) is 5.75 Å². The number of hydrogen-bond acceptors (Lipinski definition) is 6. The minimum Gasteiger partial charge on any atom is -0.494 e. The third-order valence-electron chi connectivity index (χ3n) is 5.65. The van der Waals surface area contributed by atoms with Crippen LogP contribution < -0.4 is 4.74 Å². The highest BCUT2D eigenvalue weighted by atomic mass is 32.2. The lowest BCUT2D eigenvalue weighted by Gasteiger charge is -2.12. The quantitative estimate of drug-likeness (QED) is 0.229. The van der Waals surface area contributed by atoms with E-state index in [0.29, 0.717) is 23.2 Å². The van der Waals surface area contributed by atoms with E-state index in [-0.39, 0.29) is 11.6 Å². The van der Waals surface area contributed by atoms with Crippen molar-refractivity contribution in [1.29, 1.82) is 0 Å². The third kappa shape index (κ3) is 5.00. The Morgan fingerprint density at radius 3 is 2.37 bits per heavy atom. The van der Waals surface area contributed by atoms with Crippen molar-refractivity contribution in [2.75, 3.05) is 13.2 Å². The fourth-order valence-electron chi connectivity index (χ4n) is 3.96. The summed E-state index contributed by atoms with van der Waals surface area (Å²) in [5.41, 5.74) is 4.44. The molecule has 1 aromatic heterocycles. The summed E-state index contributed by atoms with van der Waals surface area (Å²) in [6, 6.07) is 15.9. The summed E-state index contributed by atoms with van der Waals surface area (Å²) in [6.07, 6.45) is 1.89. The smallest absolute Gasteiger partial charge is 0.269 e. The van der Waals surface area contributed by atoms with Crippen LogP contribution in [-0.2, 0) is 4.79 Å². The van der Waals surface area contributed by atoms with Crippen molar-refractivity contribution in [3.63, 3.8) is 0 Å². The number of carbonyl (C=O) groups is 1. The molecule has 0 bridgehead atoms. The van der Waals surface area contributed by atoms with E-state index in [1.165, 1.54) is 23.9 Å². The zero-order valence-corrected chi connectivity index (χ0v) is 20.8. The number of amides is 1. The monoisotopic (exact) mass is 490 g/mol. The Balaban J connectivity index is 1.64. The second kappa shape index (κ2) is 10.2. The van der Waals surface area contributed by atoms with Gasteiger partial charge in [0.15, 0.2) is 5.17 Å². The fourth-order valence-corrected chi connectivity index (χ4v) is 5.01. The van der Waals surface area contributed by atoms with Crippen LogP contribution in [0, 0.1) is 24.0 Å². The molecule has 9 heteroatoms. The minimum atomic E-state index is -0.413. The molecule has 1 saturated heterocycles. The SMILES string of the molecule is CCOc1ccc(N=C2S/C(=C\c3cc(C)n(-c4ccc([N+](=O)[O-])cc4)c3C)C(=O)N2CC)cc1. The summed E-state index contributed by atoms with van der Waals surface area (Å²) in [6.45, 7) is 8.91. The van der Waals surface area contributed by atoms with Gasteiger partial charge in [-0.15, -0.1) is 0 Å². The van der Waals surface area contributed by atoms with Gasteiger partial charge in [-0.3, -0.25) is 19.8 Å². The molecular formula is C26H26N4O4S. The molecule has 0 aliphatic carbocycles. The van der Waals surface area contributed by atoms with Gasteiger partial charge in [-0.1, -0.05) is 0 Å². The number of nitro benzene ring substituents is 1. The molecule has 2 aromatic carbocycles. The van der Waals surface area contributed by atoms with E-state index in [9.17, 15) is 14.9 Å². The van der Waals surface area contributed by atoms with Crippen LogP contribution in [0.2, 0.25) is 0 Å². The van der Waals surface area contributed by atoms with E-state index in [1.54, 1.807) is 17.0 Å². The van der Waals surface area contributed by atoms with Crippen molar-refractivity contribution < 1.29 is 14.5 Å². The van der Waals surface area contributed by atoms with Gasteiger partial charge in [0.2, 0.25) is 0 Å². The molecule has 1 fully saturated rings. The van der Waals surface area contributed by atoms with Crippen molar-refractivity contribution in [3.05, 3.63) is 86.6 Å². The molecule has 3 aromatic rings. The van der Waals surface area contributed by atoms with Crippen LogP contribution in [0.3, 0.4) is 0 Å². The maximum absolute atomic E-state index is 13.1. The van der Waals surface area contributed by atoms with Crippen molar-refractivity contribution in [3.8, 4) is 11.4 Å². The molecule has 2 heterocycles. The number of rotatable bonds is 7. The van der Waals surface area contributed by atoms with Crippen LogP contribution in [0.4, 0.5) is 11.4 Å². The fraction of sp³-hybridized carbons (Fsp3) is 0.231. The molecule has 0 radical (unpaired) electrons. The van der Waals surface area contributed by atoms with Crippen LogP contribution >= 0.6 is 11.8 Å². The zero-order valence-electron chi connectivity index (χ0n) is 20.0. The van der Waals surface area contributed by atoms with Crippen molar-refractivity contribution in [1.82, 2.24) is 9.47 Å². The molecule has 0 spiro atoms. The van der Waals surface area contributed by atoms with E-state index < -0.39 is 4.92 Å². The Bertz CT molecular complexity index is 1320. The van der Waals surface area contributed by atoms with E-state index in [2.05, 4.69) is 0 Å². The molecule has 1 aliphatic rings. The summed E-state index contributed by atoms with van der Waals surface area (Å²) in [5, 5.41) is 11.6. The topological polar surface area (TPSA) is 90.0 Å². The van der Waals surface area contributed by atoms with Crippen LogP contribution in [0.15, 0.2) is 64.5 Å². The second-order valence-corrected chi connectivity index (χ2v) is 8.93. The number of ether oxygens (including phenoxy) is 1. The number of nitrogens with zero attached hydrogens (tertiary/aromatic N) is 4. The second-order valence-electron chi connectivity index (χ2n) is 7.92. The van der Waals surface area contributed by atoms with Crippen molar-refractivity contribution >= 4 is 40.3 Å². The lowest BCUT2D eigenvalue weighted by molar-refractivity contribution is -0.384. The van der Waals surface area contributed by atoms with Crippen LogP contribution in [0.1, 0.15) is 30.8 Å². The Morgan fingerprint density at radius 2 is 1.77 bits per heavy atom. The Kier molecular flexibility index (Phi) is 7.07. The van der Waals surface area contributed by atoms with E-state index in [4.69, 9.17) is 9.73 Å². The molecule has 8 nitrogen and oxygen atoms in total. The first-order valence-corrected chi connectivity index (χ1v) is 12.1. The first-order chi connectivity index (χ1) is 16.8. The molecule has 1 amide bonds. The van der Waals surface area contributed by atoms with Gasteiger partial charge in [-0.2, -0.15) is 0 Å². The molecular weight excluding hydrogens is 464 g/mol. The van der Waals surface area contributed by atoms with Gasteiger partial charge in [-0.05, 0) is 93.6 Å². The summed E-state index contributed by atoms with van der Waals surface area (Å²) in [4.78, 5) is 30.7. The highest BCUT2D eigenvalue weighted by Gasteiger charge is 2.32. The number of non-ortho nitro benzene ring substituents is 1. The van der Waals surface area contributed by atoms with E-state index in [1.807, 2.05) is 68.7 Å². The van der Waals surface area contributed by atoms with Crippen LogP contribution in [0.5, 0.6) is 5.75 Å². The Hall–Kier alpha value is -3.85. The Morgan fingerprint density at radius 1 is 1.09 bits per heavy atom. The number of aryl methyl sites for hydroxylation is 1. The summed E-state index contributed by atoms with van der Waals surface area (Å²) in [7, 11) is 0. The van der Waals surface area contributed by atoms with Crippen LogP contribution in [-0.4, -0.2) is 38.6 Å². The average Bonchev–Trinajstić information content (AvgIpc) is 3.29. The summed E-state index contributed by atoms with van der Waals surface area (Å²) in [5.74, 6) is 0.699. The van der Waals surface area contributed by atoms with Gasteiger partial charge in [0.05, 0.1) is 22.1 Å². The van der Waals surface area contributed by atoms with E-state index in [0.717, 1.165) is 34.1 Å². The number of nitro groups is 1. The number of hydrogen-bond donors (Lipinski definition) is 0. The largest absolute Gasteiger partial charge is 0.494 e. The molecule has 0 saturated carbocycles. The first kappa shape index (κ1) is 24.3.